The fourth-order valence-corrected chi connectivity index (χ4v) is 3.53. The maximum absolute atomic E-state index is 9.75. The number of methoxy groups -OCH3 is 1. The van der Waals surface area contributed by atoms with Crippen LogP contribution in [0, 0.1) is 5.92 Å². The molecule has 0 unspecified atom stereocenters. The van der Waals surface area contributed by atoms with E-state index in [1.807, 2.05) is 18.2 Å². The number of hydrogen-bond acceptors (Lipinski definition) is 2. The molecule has 0 atom stereocenters. The minimum absolute atomic E-state index is 0.817. The lowest BCUT2D eigenvalue weighted by atomic mass is 10.00. The van der Waals surface area contributed by atoms with Crippen molar-refractivity contribution < 1.29 is 26.4 Å². The molecule has 0 bridgehead atoms. The topological polar surface area (TPSA) is 25.4 Å². The number of hydrogen-bond donors (Lipinski definition) is 0. The van der Waals surface area contributed by atoms with Crippen LogP contribution in [0.3, 0.4) is 0 Å². The molecule has 160 valence electrons. The molecule has 1 fully saturated rings. The molecule has 0 radical (unpaired) electrons. The van der Waals surface area contributed by atoms with E-state index >= 15 is 0 Å². The summed E-state index contributed by atoms with van der Waals surface area (Å²) in [5.41, 5.74) is 2.00. The second-order valence-electron chi connectivity index (χ2n) is 7.38. The predicted octanol–water partition coefficient (Wildman–Crippen LogP) is 5.61. The van der Waals surface area contributed by atoms with Crippen molar-refractivity contribution in [2.75, 3.05) is 20.2 Å². The smallest absolute Gasteiger partial charge is 0.497 e. The lowest BCUT2D eigenvalue weighted by Crippen LogP contribution is -2.37. The van der Waals surface area contributed by atoms with Crippen molar-refractivity contribution in [1.82, 2.24) is 4.58 Å². The second-order valence-corrected chi connectivity index (χ2v) is 7.38. The van der Waals surface area contributed by atoms with Gasteiger partial charge in [0, 0.05) is 18.4 Å². The maximum Gasteiger partial charge on any atom is 0.673 e. The van der Waals surface area contributed by atoms with Gasteiger partial charge in [0.15, 0.2) is 0 Å². The quantitative estimate of drug-likeness (QED) is 0.305. The molecule has 2 heterocycles. The maximum atomic E-state index is 9.75. The van der Waals surface area contributed by atoms with Crippen molar-refractivity contribution in [3.8, 4) is 17.1 Å². The van der Waals surface area contributed by atoms with Gasteiger partial charge < -0.3 is 26.4 Å². The first-order valence-electron chi connectivity index (χ1n) is 9.87. The van der Waals surface area contributed by atoms with Gasteiger partial charge in [0.05, 0.1) is 18.6 Å². The summed E-state index contributed by atoms with van der Waals surface area (Å²) < 4.78 is 53.0. The molecular formula is C22H24BF4NO2. The molecule has 1 aliphatic heterocycles. The van der Waals surface area contributed by atoms with Crippen molar-refractivity contribution in [1.29, 1.82) is 0 Å². The van der Waals surface area contributed by atoms with Gasteiger partial charge in [-0.2, -0.15) is 0 Å². The lowest BCUT2D eigenvalue weighted by molar-refractivity contribution is 0.360. The molecule has 1 aliphatic rings. The van der Waals surface area contributed by atoms with Crippen LogP contribution in [0.5, 0.6) is 5.75 Å². The minimum atomic E-state index is -6.00. The predicted molar refractivity (Wildman–Crippen MR) is 112 cm³/mol. The number of para-hydroxylation sites is 1. The number of benzene rings is 2. The third kappa shape index (κ3) is 5.87. The Bertz CT molecular complexity index is 1050. The molecule has 1 saturated heterocycles. The Labute approximate surface area is 172 Å². The van der Waals surface area contributed by atoms with Crippen LogP contribution in [0.4, 0.5) is 17.3 Å². The van der Waals surface area contributed by atoms with Gasteiger partial charge >= 0.3 is 7.25 Å². The zero-order valence-corrected chi connectivity index (χ0v) is 17.0. The summed E-state index contributed by atoms with van der Waals surface area (Å²) in [6.07, 6.45) is 2.50. The van der Waals surface area contributed by atoms with E-state index < -0.39 is 7.25 Å². The summed E-state index contributed by atoms with van der Waals surface area (Å²) in [5.74, 6) is 2.57. The van der Waals surface area contributed by atoms with Crippen molar-refractivity contribution in [2.24, 2.45) is 5.92 Å². The van der Waals surface area contributed by atoms with Crippen LogP contribution in [0.1, 0.15) is 19.8 Å². The third-order valence-electron chi connectivity index (χ3n) is 5.15. The Balaban J connectivity index is 0.000000461. The SMILES string of the molecule is COc1ccc(-c2cc(=[N+]3CCC(C)CC3)c3ccccc3o2)cc1.F[B-](F)(F)F. The number of piperidine rings is 1. The van der Waals surface area contributed by atoms with Crippen LogP contribution in [0.15, 0.2) is 59.0 Å². The van der Waals surface area contributed by atoms with Crippen molar-refractivity contribution in [3.05, 3.63) is 60.0 Å². The van der Waals surface area contributed by atoms with Crippen molar-refractivity contribution in [2.45, 2.75) is 19.8 Å². The average molecular weight is 421 g/mol. The van der Waals surface area contributed by atoms with E-state index in [0.717, 1.165) is 41.7 Å². The zero-order chi connectivity index (χ0) is 21.7. The van der Waals surface area contributed by atoms with Crippen LogP contribution in [0.2, 0.25) is 0 Å². The number of nitrogens with zero attached hydrogens (tertiary/aromatic N) is 1. The fourth-order valence-electron chi connectivity index (χ4n) is 3.53. The van der Waals surface area contributed by atoms with E-state index in [0.29, 0.717) is 0 Å². The van der Waals surface area contributed by atoms with Gasteiger partial charge in [-0.1, -0.05) is 19.1 Å². The number of halogens is 4. The van der Waals surface area contributed by atoms with Gasteiger partial charge in [0.25, 0.3) is 0 Å². The van der Waals surface area contributed by atoms with Gasteiger partial charge in [-0.3, -0.25) is 0 Å². The summed E-state index contributed by atoms with van der Waals surface area (Å²) >= 11 is 0. The van der Waals surface area contributed by atoms with E-state index in [4.69, 9.17) is 9.15 Å². The largest absolute Gasteiger partial charge is 0.673 e. The van der Waals surface area contributed by atoms with Crippen LogP contribution in [-0.4, -0.2) is 27.5 Å². The van der Waals surface area contributed by atoms with Crippen LogP contribution in [-0.2, 0) is 0 Å². The van der Waals surface area contributed by atoms with Gasteiger partial charge in [-0.05, 0) is 42.3 Å². The fraction of sp³-hybridized carbons (Fsp3) is 0.318. The zero-order valence-electron chi connectivity index (χ0n) is 17.0. The number of ether oxygens (including phenoxy) is 1. The van der Waals surface area contributed by atoms with Gasteiger partial charge in [-0.25, -0.2) is 4.58 Å². The molecule has 30 heavy (non-hydrogen) atoms. The molecule has 0 aliphatic carbocycles. The van der Waals surface area contributed by atoms with Crippen LogP contribution < -0.4 is 14.7 Å². The molecule has 3 aromatic rings. The average Bonchev–Trinajstić information content (AvgIpc) is 2.72. The Hall–Kier alpha value is -2.77. The first-order valence-corrected chi connectivity index (χ1v) is 9.87. The normalized spacial score (nSPS) is 16.7. The highest BCUT2D eigenvalue weighted by Gasteiger charge is 2.21. The molecule has 0 amide bonds. The molecule has 8 heteroatoms. The first kappa shape index (κ1) is 21.9. The van der Waals surface area contributed by atoms with E-state index in [2.05, 4.69) is 47.9 Å². The molecular weight excluding hydrogens is 397 g/mol. The Morgan fingerprint density at radius 1 is 0.967 bits per heavy atom. The highest BCUT2D eigenvalue weighted by Crippen LogP contribution is 2.24. The van der Waals surface area contributed by atoms with Gasteiger partial charge in [0.2, 0.25) is 5.36 Å². The van der Waals surface area contributed by atoms with Gasteiger partial charge in [-0.15, -0.1) is 0 Å². The van der Waals surface area contributed by atoms with Crippen molar-refractivity contribution in [3.63, 3.8) is 0 Å². The Morgan fingerprint density at radius 2 is 1.57 bits per heavy atom. The van der Waals surface area contributed by atoms with Crippen LogP contribution in [0.25, 0.3) is 22.3 Å². The van der Waals surface area contributed by atoms with E-state index in [9.17, 15) is 17.3 Å². The molecule has 0 N–H and O–H groups in total. The van der Waals surface area contributed by atoms with Crippen LogP contribution >= 0.6 is 0 Å². The summed E-state index contributed by atoms with van der Waals surface area (Å²) in [4.78, 5) is 0. The Kier molecular flexibility index (Phi) is 6.85. The summed E-state index contributed by atoms with van der Waals surface area (Å²) in [7, 11) is -4.31. The number of fused-ring (bicyclic) bond motifs is 1. The molecule has 1 aromatic heterocycles. The monoisotopic (exact) mass is 421 g/mol. The summed E-state index contributed by atoms with van der Waals surface area (Å²) in [6, 6.07) is 18.6. The third-order valence-corrected chi connectivity index (χ3v) is 5.15. The molecule has 0 spiro atoms. The molecule has 3 nitrogen and oxygen atoms in total. The van der Waals surface area contributed by atoms with E-state index in [1.165, 1.54) is 23.6 Å². The standard InChI is InChI=1S/C22H24NO2.BF4/c1-16-11-13-23(14-12-16)20-15-22(17-7-9-18(24-2)10-8-17)25-21-6-4-3-5-19(20)21;2-1(3,4)5/h3-10,15-16H,11-14H2,1-2H3;/q+1;-1. The molecule has 2 aromatic carbocycles. The van der Waals surface area contributed by atoms with E-state index in [-0.39, 0.29) is 0 Å². The number of rotatable bonds is 2. The second kappa shape index (κ2) is 9.37. The summed E-state index contributed by atoms with van der Waals surface area (Å²) in [6.45, 7) is 4.56. The van der Waals surface area contributed by atoms with Gasteiger partial charge in [0.1, 0.15) is 30.2 Å². The Morgan fingerprint density at radius 3 is 2.17 bits per heavy atom. The highest BCUT2D eigenvalue weighted by atomic mass is 19.5. The molecule has 4 rings (SSSR count). The minimum Gasteiger partial charge on any atom is -0.497 e. The van der Waals surface area contributed by atoms with Crippen molar-refractivity contribution >= 4 is 18.2 Å². The highest BCUT2D eigenvalue weighted by molar-refractivity contribution is 6.50. The first-order chi connectivity index (χ1) is 14.2. The lowest BCUT2D eigenvalue weighted by Gasteiger charge is -2.16. The summed E-state index contributed by atoms with van der Waals surface area (Å²) in [5, 5.41) is 2.47. The molecule has 0 saturated carbocycles. The van der Waals surface area contributed by atoms with E-state index in [1.54, 1.807) is 7.11 Å².